The van der Waals surface area contributed by atoms with Crippen molar-refractivity contribution >= 4 is 22.6 Å². The van der Waals surface area contributed by atoms with Crippen LogP contribution in [0.2, 0.25) is 0 Å². The van der Waals surface area contributed by atoms with Crippen LogP contribution in [0.3, 0.4) is 0 Å². The molecule has 0 radical (unpaired) electrons. The van der Waals surface area contributed by atoms with Gasteiger partial charge in [0.25, 0.3) is 5.56 Å². The lowest BCUT2D eigenvalue weighted by Gasteiger charge is -2.20. The summed E-state index contributed by atoms with van der Waals surface area (Å²) < 4.78 is 8.97. The van der Waals surface area contributed by atoms with Crippen LogP contribution in [0.15, 0.2) is 15.8 Å². The summed E-state index contributed by atoms with van der Waals surface area (Å²) in [6, 6.07) is 0. The number of hydrogen-bond donors (Lipinski definition) is 0. The van der Waals surface area contributed by atoms with Gasteiger partial charge in [-0.25, -0.2) is 4.79 Å². The topological polar surface area (TPSA) is 53.2 Å². The summed E-state index contributed by atoms with van der Waals surface area (Å²) in [5.74, 6) is 0. The van der Waals surface area contributed by atoms with Crippen LogP contribution in [0.25, 0.3) is 0 Å². The summed E-state index contributed by atoms with van der Waals surface area (Å²) in [6.07, 6.45) is 2.47. The standard InChI is InChI=1S/C13H21IN2O3/c1-5-6-15-9-10(14)11(17)16(12(15)18)7-8-19-13(2,3)4/h9H,5-8H2,1-4H3. The average Bonchev–Trinajstić information content (AvgIpc) is 2.29. The Bertz CT molecular complexity index is 540. The third kappa shape index (κ3) is 4.76. The molecule has 0 atom stereocenters. The fourth-order valence-corrected chi connectivity index (χ4v) is 2.29. The van der Waals surface area contributed by atoms with Crippen molar-refractivity contribution in [1.82, 2.24) is 9.13 Å². The molecular weight excluding hydrogens is 359 g/mol. The van der Waals surface area contributed by atoms with E-state index < -0.39 is 0 Å². The summed E-state index contributed by atoms with van der Waals surface area (Å²) in [5, 5.41) is 0. The normalized spacial score (nSPS) is 11.8. The van der Waals surface area contributed by atoms with E-state index in [9.17, 15) is 9.59 Å². The first-order chi connectivity index (χ1) is 8.76. The summed E-state index contributed by atoms with van der Waals surface area (Å²) in [5.41, 5.74) is -0.770. The Labute approximate surface area is 126 Å². The molecule has 0 aliphatic rings. The summed E-state index contributed by atoms with van der Waals surface area (Å²) in [6.45, 7) is 9.09. The quantitative estimate of drug-likeness (QED) is 0.733. The molecule has 0 aliphatic carbocycles. The van der Waals surface area contributed by atoms with Gasteiger partial charge in [-0.05, 0) is 49.8 Å². The van der Waals surface area contributed by atoms with Gasteiger partial charge in [0.2, 0.25) is 0 Å². The van der Waals surface area contributed by atoms with Gasteiger partial charge in [0.15, 0.2) is 0 Å². The van der Waals surface area contributed by atoms with Crippen molar-refractivity contribution in [2.24, 2.45) is 0 Å². The molecule has 6 heteroatoms. The van der Waals surface area contributed by atoms with Crippen LogP contribution in [0, 0.1) is 3.57 Å². The Balaban J connectivity index is 2.99. The molecule has 0 saturated carbocycles. The van der Waals surface area contributed by atoms with Gasteiger partial charge in [-0.2, -0.15) is 0 Å². The molecule has 1 aromatic rings. The molecule has 0 fully saturated rings. The van der Waals surface area contributed by atoms with Crippen molar-refractivity contribution < 1.29 is 4.74 Å². The monoisotopic (exact) mass is 380 g/mol. The van der Waals surface area contributed by atoms with E-state index in [0.717, 1.165) is 6.42 Å². The smallest absolute Gasteiger partial charge is 0.331 e. The van der Waals surface area contributed by atoms with Gasteiger partial charge in [0.05, 0.1) is 22.3 Å². The summed E-state index contributed by atoms with van der Waals surface area (Å²) >= 11 is 1.97. The Morgan fingerprint density at radius 3 is 2.42 bits per heavy atom. The molecule has 0 spiro atoms. The lowest BCUT2D eigenvalue weighted by molar-refractivity contribution is -0.00767. The molecular formula is C13H21IN2O3. The van der Waals surface area contributed by atoms with Crippen LogP contribution < -0.4 is 11.2 Å². The van der Waals surface area contributed by atoms with Crippen LogP contribution in [0.4, 0.5) is 0 Å². The van der Waals surface area contributed by atoms with Crippen molar-refractivity contribution in [1.29, 1.82) is 0 Å². The largest absolute Gasteiger partial charge is 0.374 e. The van der Waals surface area contributed by atoms with E-state index in [-0.39, 0.29) is 23.4 Å². The molecule has 0 saturated heterocycles. The van der Waals surface area contributed by atoms with Gasteiger partial charge in [-0.15, -0.1) is 0 Å². The van der Waals surface area contributed by atoms with Gasteiger partial charge < -0.3 is 4.74 Å². The van der Waals surface area contributed by atoms with E-state index in [1.54, 1.807) is 10.8 Å². The van der Waals surface area contributed by atoms with Crippen molar-refractivity contribution in [3.05, 3.63) is 30.6 Å². The highest BCUT2D eigenvalue weighted by atomic mass is 127. The van der Waals surface area contributed by atoms with Crippen LogP contribution in [0.5, 0.6) is 0 Å². The Kier molecular flexibility index (Phi) is 5.79. The minimum atomic E-state index is -0.270. The minimum Gasteiger partial charge on any atom is -0.374 e. The third-order valence-electron chi connectivity index (χ3n) is 2.51. The van der Waals surface area contributed by atoms with E-state index in [1.807, 2.05) is 50.3 Å². The van der Waals surface area contributed by atoms with Crippen LogP contribution in [-0.2, 0) is 17.8 Å². The molecule has 0 unspecified atom stereocenters. The van der Waals surface area contributed by atoms with E-state index in [1.165, 1.54) is 4.57 Å². The highest BCUT2D eigenvalue weighted by molar-refractivity contribution is 14.1. The van der Waals surface area contributed by atoms with Crippen molar-refractivity contribution in [3.8, 4) is 0 Å². The Morgan fingerprint density at radius 1 is 1.26 bits per heavy atom. The molecule has 0 amide bonds. The van der Waals surface area contributed by atoms with Crippen LogP contribution in [-0.4, -0.2) is 21.3 Å². The zero-order chi connectivity index (χ0) is 14.6. The fourth-order valence-electron chi connectivity index (χ4n) is 1.66. The maximum atomic E-state index is 12.2. The number of halogens is 1. The van der Waals surface area contributed by atoms with Gasteiger partial charge in [-0.3, -0.25) is 13.9 Å². The Morgan fingerprint density at radius 2 is 1.89 bits per heavy atom. The van der Waals surface area contributed by atoms with Crippen LogP contribution in [0.1, 0.15) is 34.1 Å². The second-order valence-electron chi connectivity index (χ2n) is 5.37. The molecule has 108 valence electrons. The SMILES string of the molecule is CCCn1cc(I)c(=O)n(CCOC(C)(C)C)c1=O. The molecule has 19 heavy (non-hydrogen) atoms. The summed E-state index contributed by atoms with van der Waals surface area (Å²) in [4.78, 5) is 24.1. The molecule has 0 aliphatic heterocycles. The number of nitrogens with zero attached hydrogens (tertiary/aromatic N) is 2. The van der Waals surface area contributed by atoms with Gasteiger partial charge in [0, 0.05) is 12.7 Å². The molecule has 1 rings (SSSR count). The first-order valence-corrected chi connectivity index (χ1v) is 7.48. The minimum absolute atomic E-state index is 0.240. The predicted octanol–water partition coefficient (Wildman–Crippen LogP) is 1.84. The highest BCUT2D eigenvalue weighted by Crippen LogP contribution is 2.06. The number of aromatic nitrogens is 2. The summed E-state index contributed by atoms with van der Waals surface area (Å²) in [7, 11) is 0. The predicted molar refractivity (Wildman–Crippen MR) is 83.7 cm³/mol. The molecule has 1 heterocycles. The molecule has 0 bridgehead atoms. The van der Waals surface area contributed by atoms with Crippen LogP contribution >= 0.6 is 22.6 Å². The molecule has 0 N–H and O–H groups in total. The lowest BCUT2D eigenvalue weighted by atomic mass is 10.2. The first-order valence-electron chi connectivity index (χ1n) is 6.40. The number of ether oxygens (including phenoxy) is 1. The molecule has 1 aromatic heterocycles. The zero-order valence-electron chi connectivity index (χ0n) is 11.9. The van der Waals surface area contributed by atoms with Crippen molar-refractivity contribution in [3.63, 3.8) is 0 Å². The second-order valence-corrected chi connectivity index (χ2v) is 6.53. The lowest BCUT2D eigenvalue weighted by Crippen LogP contribution is -2.42. The molecule has 5 nitrogen and oxygen atoms in total. The van der Waals surface area contributed by atoms with E-state index >= 15 is 0 Å². The maximum Gasteiger partial charge on any atom is 0.331 e. The van der Waals surface area contributed by atoms with E-state index in [2.05, 4.69) is 0 Å². The van der Waals surface area contributed by atoms with Crippen molar-refractivity contribution in [2.45, 2.75) is 52.8 Å². The second kappa shape index (κ2) is 6.69. The van der Waals surface area contributed by atoms with Crippen molar-refractivity contribution in [2.75, 3.05) is 6.61 Å². The van der Waals surface area contributed by atoms with Gasteiger partial charge >= 0.3 is 5.69 Å². The first kappa shape index (κ1) is 16.4. The van der Waals surface area contributed by atoms with Gasteiger partial charge in [-0.1, -0.05) is 6.92 Å². The van der Waals surface area contributed by atoms with E-state index in [4.69, 9.17) is 4.74 Å². The fraction of sp³-hybridized carbons (Fsp3) is 0.692. The number of hydrogen-bond acceptors (Lipinski definition) is 3. The average molecular weight is 380 g/mol. The highest BCUT2D eigenvalue weighted by Gasteiger charge is 2.12. The number of aryl methyl sites for hydroxylation is 1. The maximum absolute atomic E-state index is 12.2. The third-order valence-corrected chi connectivity index (χ3v) is 3.25. The van der Waals surface area contributed by atoms with Gasteiger partial charge in [0.1, 0.15) is 0 Å². The molecule has 0 aromatic carbocycles. The Hall–Kier alpha value is -0.630. The van der Waals surface area contributed by atoms with E-state index in [0.29, 0.717) is 16.7 Å². The number of rotatable bonds is 5. The zero-order valence-corrected chi connectivity index (χ0v) is 14.1.